The van der Waals surface area contributed by atoms with E-state index in [0.717, 1.165) is 5.57 Å². The van der Waals surface area contributed by atoms with Crippen molar-refractivity contribution in [1.82, 2.24) is 5.32 Å². The van der Waals surface area contributed by atoms with Gasteiger partial charge >= 0.3 is 0 Å². The molecule has 0 unspecified atom stereocenters. The molecule has 3 heteroatoms. The molecule has 2 aliphatic rings. The minimum atomic E-state index is 0.261. The van der Waals surface area contributed by atoms with Crippen LogP contribution in [0.25, 0.3) is 0 Å². The summed E-state index contributed by atoms with van der Waals surface area (Å²) in [7, 11) is 0. The van der Waals surface area contributed by atoms with Gasteiger partial charge in [-0.05, 0) is 24.3 Å². The molecule has 0 amide bonds. The molecule has 0 aromatic heterocycles. The van der Waals surface area contributed by atoms with Crippen LogP contribution in [0.3, 0.4) is 0 Å². The lowest BCUT2D eigenvalue weighted by Crippen LogP contribution is -2.19. The van der Waals surface area contributed by atoms with E-state index in [0.29, 0.717) is 11.6 Å². The number of hydrogen-bond acceptors (Lipinski definition) is 2. The van der Waals surface area contributed by atoms with E-state index >= 15 is 0 Å². The molecule has 0 saturated heterocycles. The maximum atomic E-state index is 7.62. The SMILES string of the molecule is N=C1NC=C(C2CCCC2)C1=N. The van der Waals surface area contributed by atoms with Gasteiger partial charge in [0, 0.05) is 6.20 Å². The van der Waals surface area contributed by atoms with Crippen molar-refractivity contribution in [3.63, 3.8) is 0 Å². The van der Waals surface area contributed by atoms with Crippen LogP contribution >= 0.6 is 0 Å². The van der Waals surface area contributed by atoms with Crippen molar-refractivity contribution in [2.24, 2.45) is 5.92 Å². The van der Waals surface area contributed by atoms with E-state index in [9.17, 15) is 0 Å². The molecule has 3 N–H and O–H groups in total. The largest absolute Gasteiger partial charge is 0.345 e. The van der Waals surface area contributed by atoms with Crippen molar-refractivity contribution in [1.29, 1.82) is 10.8 Å². The standard InChI is InChI=1S/C9H13N3/c10-8-7(5-12-9(8)11)6-3-1-2-4-6/h5-6H,1-4H2,(H3,10,11,12). The molecule has 1 saturated carbocycles. The first-order valence-electron chi connectivity index (χ1n) is 4.43. The Labute approximate surface area is 71.9 Å². The highest BCUT2D eigenvalue weighted by atomic mass is 15.0. The average Bonchev–Trinajstić information content (AvgIpc) is 2.64. The van der Waals surface area contributed by atoms with E-state index in [-0.39, 0.29) is 5.84 Å². The van der Waals surface area contributed by atoms with Crippen molar-refractivity contribution in [3.8, 4) is 0 Å². The molecule has 1 fully saturated rings. The van der Waals surface area contributed by atoms with Crippen LogP contribution in [0.5, 0.6) is 0 Å². The van der Waals surface area contributed by atoms with E-state index in [2.05, 4.69) is 5.32 Å². The van der Waals surface area contributed by atoms with Crippen molar-refractivity contribution in [2.75, 3.05) is 0 Å². The summed E-state index contributed by atoms with van der Waals surface area (Å²) in [5.41, 5.74) is 1.46. The van der Waals surface area contributed by atoms with Gasteiger partial charge in [0.25, 0.3) is 0 Å². The second-order valence-electron chi connectivity index (χ2n) is 3.48. The molecule has 0 aromatic rings. The highest BCUT2D eigenvalue weighted by Crippen LogP contribution is 2.32. The fourth-order valence-electron chi connectivity index (χ4n) is 2.00. The molecule has 3 nitrogen and oxygen atoms in total. The summed E-state index contributed by atoms with van der Waals surface area (Å²) in [6.07, 6.45) is 6.79. The molecule has 0 aromatic carbocycles. The molecule has 0 radical (unpaired) electrons. The zero-order valence-electron chi connectivity index (χ0n) is 6.98. The number of hydrogen-bond donors (Lipinski definition) is 3. The van der Waals surface area contributed by atoms with Gasteiger partial charge in [-0.25, -0.2) is 0 Å². The molecule has 2 rings (SSSR count). The Morgan fingerprint density at radius 3 is 2.42 bits per heavy atom. The Morgan fingerprint density at radius 2 is 1.92 bits per heavy atom. The van der Waals surface area contributed by atoms with E-state index in [1.165, 1.54) is 25.7 Å². The predicted octanol–water partition coefficient (Wildman–Crippen LogP) is 1.66. The normalized spacial score (nSPS) is 24.5. The summed E-state index contributed by atoms with van der Waals surface area (Å²) in [5, 5.41) is 17.8. The predicted molar refractivity (Wildman–Crippen MR) is 48.6 cm³/mol. The molecular formula is C9H13N3. The summed E-state index contributed by atoms with van der Waals surface area (Å²) < 4.78 is 0. The molecule has 0 spiro atoms. The van der Waals surface area contributed by atoms with Crippen molar-refractivity contribution >= 4 is 11.5 Å². The maximum Gasteiger partial charge on any atom is 0.148 e. The molecule has 12 heavy (non-hydrogen) atoms. The lowest BCUT2D eigenvalue weighted by atomic mass is 9.95. The van der Waals surface area contributed by atoms with Gasteiger partial charge in [0.1, 0.15) is 11.5 Å². The van der Waals surface area contributed by atoms with Crippen LogP contribution in [0.4, 0.5) is 0 Å². The van der Waals surface area contributed by atoms with Crippen molar-refractivity contribution < 1.29 is 0 Å². The molecule has 64 valence electrons. The Kier molecular flexibility index (Phi) is 1.71. The number of rotatable bonds is 1. The first-order valence-corrected chi connectivity index (χ1v) is 4.43. The molecule has 1 aliphatic carbocycles. The number of nitrogens with one attached hydrogen (secondary N) is 3. The minimum Gasteiger partial charge on any atom is -0.345 e. The van der Waals surface area contributed by atoms with Crippen LogP contribution in [-0.4, -0.2) is 11.5 Å². The first kappa shape index (κ1) is 7.53. The third-order valence-electron chi connectivity index (χ3n) is 2.71. The van der Waals surface area contributed by atoms with E-state index in [1.54, 1.807) is 0 Å². The highest BCUT2D eigenvalue weighted by Gasteiger charge is 2.27. The van der Waals surface area contributed by atoms with Gasteiger partial charge in [-0.15, -0.1) is 0 Å². The van der Waals surface area contributed by atoms with Crippen molar-refractivity contribution in [3.05, 3.63) is 11.8 Å². The fraction of sp³-hybridized carbons (Fsp3) is 0.556. The Morgan fingerprint density at radius 1 is 1.25 bits per heavy atom. The summed E-state index contributed by atoms with van der Waals surface area (Å²) in [6.45, 7) is 0. The van der Waals surface area contributed by atoms with Gasteiger partial charge in [0.05, 0.1) is 0 Å². The maximum absolute atomic E-state index is 7.62. The van der Waals surface area contributed by atoms with Gasteiger partial charge in [0.15, 0.2) is 0 Å². The summed E-state index contributed by atoms with van der Waals surface area (Å²) in [4.78, 5) is 0. The minimum absolute atomic E-state index is 0.261. The summed E-state index contributed by atoms with van der Waals surface area (Å²) in [6, 6.07) is 0. The third kappa shape index (κ3) is 1.05. The average molecular weight is 163 g/mol. The molecule has 0 atom stereocenters. The second-order valence-corrected chi connectivity index (χ2v) is 3.48. The van der Waals surface area contributed by atoms with Gasteiger partial charge in [-0.1, -0.05) is 12.8 Å². The number of amidine groups is 1. The molecule has 1 heterocycles. The van der Waals surface area contributed by atoms with Gasteiger partial charge in [-0.2, -0.15) is 0 Å². The van der Waals surface area contributed by atoms with Crippen LogP contribution in [0, 0.1) is 16.7 Å². The van der Waals surface area contributed by atoms with Crippen LogP contribution in [0.1, 0.15) is 25.7 Å². The quantitative estimate of drug-likeness (QED) is 0.541. The van der Waals surface area contributed by atoms with Gasteiger partial charge < -0.3 is 5.32 Å². The molecule has 1 aliphatic heterocycles. The Hall–Kier alpha value is -1.12. The Balaban J connectivity index is 2.13. The summed E-state index contributed by atoms with van der Waals surface area (Å²) >= 11 is 0. The molecular weight excluding hydrogens is 150 g/mol. The molecule has 0 bridgehead atoms. The van der Waals surface area contributed by atoms with Crippen LogP contribution in [0.2, 0.25) is 0 Å². The summed E-state index contributed by atoms with van der Waals surface area (Å²) in [5.74, 6) is 0.810. The van der Waals surface area contributed by atoms with Crippen LogP contribution < -0.4 is 5.32 Å². The Bertz CT molecular complexity index is 259. The lowest BCUT2D eigenvalue weighted by molar-refractivity contribution is 0.665. The smallest absolute Gasteiger partial charge is 0.148 e. The van der Waals surface area contributed by atoms with Crippen LogP contribution in [-0.2, 0) is 0 Å². The van der Waals surface area contributed by atoms with Crippen molar-refractivity contribution in [2.45, 2.75) is 25.7 Å². The van der Waals surface area contributed by atoms with Crippen LogP contribution in [0.15, 0.2) is 11.8 Å². The van der Waals surface area contributed by atoms with Gasteiger partial charge in [-0.3, -0.25) is 10.8 Å². The first-order chi connectivity index (χ1) is 5.79. The second kappa shape index (κ2) is 2.73. The van der Waals surface area contributed by atoms with E-state index in [4.69, 9.17) is 10.8 Å². The fourth-order valence-corrected chi connectivity index (χ4v) is 2.00. The topological polar surface area (TPSA) is 59.7 Å². The van der Waals surface area contributed by atoms with Gasteiger partial charge in [0.2, 0.25) is 0 Å². The monoisotopic (exact) mass is 163 g/mol. The lowest BCUT2D eigenvalue weighted by Gasteiger charge is -2.08. The van der Waals surface area contributed by atoms with E-state index < -0.39 is 0 Å². The zero-order chi connectivity index (χ0) is 8.55. The van der Waals surface area contributed by atoms with E-state index in [1.807, 2.05) is 6.20 Å². The third-order valence-corrected chi connectivity index (χ3v) is 2.71. The highest BCUT2D eigenvalue weighted by molar-refractivity contribution is 6.47. The zero-order valence-corrected chi connectivity index (χ0v) is 6.98.